The molecule has 0 radical (unpaired) electrons. The summed E-state index contributed by atoms with van der Waals surface area (Å²) in [5.41, 5.74) is 8.86. The SMILES string of the molecule is CC(C)c1cc(-c2ccccc2)cc(C(C)C)c1-n1c(-c2ccc(F)c3c2oc2cc(F)ccc23)nc2ccccc21. The third-order valence-corrected chi connectivity index (χ3v) is 8.08. The van der Waals surface area contributed by atoms with Crippen molar-refractivity contribution < 1.29 is 13.2 Å². The van der Waals surface area contributed by atoms with Crippen LogP contribution in [0.3, 0.4) is 0 Å². The van der Waals surface area contributed by atoms with Crippen molar-refractivity contribution in [3.8, 4) is 28.2 Å². The average Bonchev–Trinajstić information content (AvgIpc) is 3.56. The topological polar surface area (TPSA) is 31.0 Å². The number of hydrogen-bond donors (Lipinski definition) is 0. The lowest BCUT2D eigenvalue weighted by Gasteiger charge is -2.24. The van der Waals surface area contributed by atoms with Crippen molar-refractivity contribution in [2.75, 3.05) is 0 Å². The first-order valence-electron chi connectivity index (χ1n) is 14.3. The number of benzene rings is 5. The minimum atomic E-state index is -0.433. The summed E-state index contributed by atoms with van der Waals surface area (Å²) in [4.78, 5) is 5.11. The zero-order valence-electron chi connectivity index (χ0n) is 24.0. The Hall–Kier alpha value is -4.77. The molecular weight excluding hydrogens is 526 g/mol. The van der Waals surface area contributed by atoms with Crippen LogP contribution in [-0.2, 0) is 0 Å². The lowest BCUT2D eigenvalue weighted by Crippen LogP contribution is -2.09. The number of hydrogen-bond acceptors (Lipinski definition) is 2. The number of imidazole rings is 1. The number of nitrogens with zero attached hydrogens (tertiary/aromatic N) is 2. The Bertz CT molecular complexity index is 2090. The van der Waals surface area contributed by atoms with Gasteiger partial charge in [-0.25, -0.2) is 13.8 Å². The van der Waals surface area contributed by atoms with E-state index in [1.165, 1.54) is 40.5 Å². The number of aromatic nitrogens is 2. The van der Waals surface area contributed by atoms with Crippen LogP contribution in [0.1, 0.15) is 50.7 Å². The van der Waals surface area contributed by atoms with Crippen molar-refractivity contribution in [3.05, 3.63) is 120 Å². The molecule has 0 amide bonds. The highest BCUT2D eigenvalue weighted by molar-refractivity contribution is 6.10. The Labute approximate surface area is 243 Å². The molecule has 5 aromatic carbocycles. The summed E-state index contributed by atoms with van der Waals surface area (Å²) in [5, 5.41) is 0.861. The number of furan rings is 1. The summed E-state index contributed by atoms with van der Waals surface area (Å²) in [6, 6.07) is 30.4. The maximum atomic E-state index is 15.3. The van der Waals surface area contributed by atoms with Crippen molar-refractivity contribution >= 4 is 33.0 Å². The third-order valence-electron chi connectivity index (χ3n) is 8.08. The second kappa shape index (κ2) is 9.95. The van der Waals surface area contributed by atoms with E-state index in [9.17, 15) is 4.39 Å². The minimum Gasteiger partial charge on any atom is -0.455 e. The van der Waals surface area contributed by atoms with Crippen LogP contribution in [0.25, 0.3) is 61.2 Å². The Kier molecular flexibility index (Phi) is 6.19. The van der Waals surface area contributed by atoms with E-state index in [4.69, 9.17) is 9.40 Å². The van der Waals surface area contributed by atoms with Crippen LogP contribution >= 0.6 is 0 Å². The molecule has 0 fully saturated rings. The molecule has 0 aliphatic rings. The minimum absolute atomic E-state index is 0.206. The molecule has 0 saturated carbocycles. The zero-order valence-corrected chi connectivity index (χ0v) is 24.0. The van der Waals surface area contributed by atoms with E-state index in [2.05, 4.69) is 74.7 Å². The summed E-state index contributed by atoms with van der Waals surface area (Å²) in [6.45, 7) is 8.83. The normalized spacial score (nSPS) is 12.0. The van der Waals surface area contributed by atoms with E-state index in [-0.39, 0.29) is 11.8 Å². The molecule has 0 atom stereocenters. The van der Waals surface area contributed by atoms with Gasteiger partial charge in [0.1, 0.15) is 28.6 Å². The molecule has 7 aromatic rings. The quantitative estimate of drug-likeness (QED) is 0.211. The molecule has 0 N–H and O–H groups in total. The zero-order chi connectivity index (χ0) is 29.1. The smallest absolute Gasteiger partial charge is 0.149 e. The van der Waals surface area contributed by atoms with Gasteiger partial charge < -0.3 is 4.42 Å². The first-order chi connectivity index (χ1) is 20.3. The molecule has 0 unspecified atom stereocenters. The molecule has 2 heterocycles. The predicted molar refractivity (Wildman–Crippen MR) is 167 cm³/mol. The van der Waals surface area contributed by atoms with Crippen molar-refractivity contribution in [2.24, 2.45) is 0 Å². The van der Waals surface area contributed by atoms with Gasteiger partial charge in [-0.05, 0) is 82.6 Å². The molecule has 0 bridgehead atoms. The Morgan fingerprint density at radius 1 is 0.714 bits per heavy atom. The number of halogens is 2. The highest BCUT2D eigenvalue weighted by Crippen LogP contribution is 2.43. The van der Waals surface area contributed by atoms with Gasteiger partial charge in [-0.3, -0.25) is 4.57 Å². The molecular formula is C37H30F2N2O. The predicted octanol–water partition coefficient (Wildman–Crippen LogP) is 10.8. The average molecular weight is 557 g/mol. The lowest BCUT2D eigenvalue weighted by atomic mass is 9.88. The Morgan fingerprint density at radius 2 is 1.40 bits per heavy atom. The van der Waals surface area contributed by atoms with Gasteiger partial charge in [0, 0.05) is 11.5 Å². The number of para-hydroxylation sites is 2. The van der Waals surface area contributed by atoms with Gasteiger partial charge in [0.25, 0.3) is 0 Å². The summed E-state index contributed by atoms with van der Waals surface area (Å²) in [6.07, 6.45) is 0. The van der Waals surface area contributed by atoms with Crippen LogP contribution in [-0.4, -0.2) is 9.55 Å². The van der Waals surface area contributed by atoms with E-state index in [0.29, 0.717) is 33.3 Å². The van der Waals surface area contributed by atoms with E-state index in [1.807, 2.05) is 24.3 Å². The van der Waals surface area contributed by atoms with Gasteiger partial charge >= 0.3 is 0 Å². The van der Waals surface area contributed by atoms with E-state index in [0.717, 1.165) is 16.7 Å². The van der Waals surface area contributed by atoms with Crippen LogP contribution in [0.4, 0.5) is 8.78 Å². The van der Waals surface area contributed by atoms with Gasteiger partial charge in [0.05, 0.1) is 27.7 Å². The van der Waals surface area contributed by atoms with E-state index >= 15 is 4.39 Å². The standard InChI is InChI=1S/C37H30F2N2O/c1-21(2)28-18-24(23-10-6-5-7-11-23)19-29(22(3)4)35(28)41-32-13-9-8-12-31(32)40-37(41)27-16-17-30(39)34-26-15-14-25(38)20-33(26)42-36(27)34/h5-22H,1-4H3. The Morgan fingerprint density at radius 3 is 2.12 bits per heavy atom. The van der Waals surface area contributed by atoms with Crippen molar-refractivity contribution in [3.63, 3.8) is 0 Å². The lowest BCUT2D eigenvalue weighted by molar-refractivity contribution is 0.617. The van der Waals surface area contributed by atoms with Crippen molar-refractivity contribution in [1.29, 1.82) is 0 Å². The molecule has 0 spiro atoms. The third kappa shape index (κ3) is 4.11. The monoisotopic (exact) mass is 556 g/mol. The first kappa shape index (κ1) is 26.1. The van der Waals surface area contributed by atoms with Crippen molar-refractivity contribution in [2.45, 2.75) is 39.5 Å². The number of fused-ring (bicyclic) bond motifs is 4. The second-order valence-electron chi connectivity index (χ2n) is 11.5. The summed E-state index contributed by atoms with van der Waals surface area (Å²) in [7, 11) is 0. The maximum absolute atomic E-state index is 15.3. The molecule has 7 rings (SSSR count). The molecule has 0 aliphatic carbocycles. The molecule has 3 nitrogen and oxygen atoms in total. The second-order valence-corrected chi connectivity index (χ2v) is 11.5. The summed E-state index contributed by atoms with van der Waals surface area (Å²) in [5.74, 6) is 0.212. The fourth-order valence-electron chi connectivity index (χ4n) is 6.04. The van der Waals surface area contributed by atoms with Gasteiger partial charge in [-0.1, -0.05) is 70.2 Å². The number of rotatable bonds is 5. The highest BCUT2D eigenvalue weighted by Gasteiger charge is 2.26. The molecule has 2 aromatic heterocycles. The van der Waals surface area contributed by atoms with Crippen LogP contribution in [0, 0.1) is 11.6 Å². The van der Waals surface area contributed by atoms with E-state index in [1.54, 1.807) is 12.1 Å². The van der Waals surface area contributed by atoms with Crippen molar-refractivity contribution in [1.82, 2.24) is 9.55 Å². The van der Waals surface area contributed by atoms with Gasteiger partial charge in [0.15, 0.2) is 0 Å². The van der Waals surface area contributed by atoms with Crippen LogP contribution < -0.4 is 0 Å². The van der Waals surface area contributed by atoms with Gasteiger partial charge in [-0.15, -0.1) is 0 Å². The largest absolute Gasteiger partial charge is 0.455 e. The van der Waals surface area contributed by atoms with Gasteiger partial charge in [-0.2, -0.15) is 0 Å². The van der Waals surface area contributed by atoms with Crippen LogP contribution in [0.2, 0.25) is 0 Å². The van der Waals surface area contributed by atoms with Crippen LogP contribution in [0.15, 0.2) is 101 Å². The summed E-state index contributed by atoms with van der Waals surface area (Å²) >= 11 is 0. The Balaban J connectivity index is 1.60. The maximum Gasteiger partial charge on any atom is 0.149 e. The van der Waals surface area contributed by atoms with Crippen LogP contribution in [0.5, 0.6) is 0 Å². The molecule has 5 heteroatoms. The summed E-state index contributed by atoms with van der Waals surface area (Å²) < 4.78 is 37.9. The fourth-order valence-corrected chi connectivity index (χ4v) is 6.04. The van der Waals surface area contributed by atoms with E-state index < -0.39 is 11.6 Å². The first-order valence-corrected chi connectivity index (χ1v) is 14.3. The van der Waals surface area contributed by atoms with Gasteiger partial charge in [0.2, 0.25) is 0 Å². The highest BCUT2D eigenvalue weighted by atomic mass is 19.1. The molecule has 0 aliphatic heterocycles. The molecule has 208 valence electrons. The molecule has 42 heavy (non-hydrogen) atoms. The molecule has 0 saturated heterocycles. The fraction of sp³-hybridized carbons (Fsp3) is 0.162.